The van der Waals surface area contributed by atoms with Gasteiger partial charge < -0.3 is 4.74 Å². The normalized spacial score (nSPS) is 11.4. The highest BCUT2D eigenvalue weighted by atomic mass is 35.5. The van der Waals surface area contributed by atoms with Gasteiger partial charge in [0.1, 0.15) is 5.75 Å². The minimum atomic E-state index is 0.0887. The number of halogens is 1. The van der Waals surface area contributed by atoms with E-state index in [1.54, 1.807) is 0 Å². The maximum atomic E-state index is 5.83. The van der Waals surface area contributed by atoms with E-state index in [0.717, 1.165) is 11.5 Å². The van der Waals surface area contributed by atoms with Crippen LogP contribution in [0.4, 0.5) is 0 Å². The van der Waals surface area contributed by atoms with Gasteiger partial charge in [-0.25, -0.2) is 0 Å². The van der Waals surface area contributed by atoms with E-state index in [2.05, 4.69) is 26.5 Å². The minimum Gasteiger partial charge on any atom is -0.493 e. The Morgan fingerprint density at radius 2 is 2.14 bits per heavy atom. The number of ether oxygens (including phenoxy) is 1. The molecule has 1 aromatic rings. The molecule has 1 rings (SSSR count). The van der Waals surface area contributed by atoms with E-state index in [1.165, 1.54) is 0 Å². The van der Waals surface area contributed by atoms with Gasteiger partial charge in [0.2, 0.25) is 0 Å². The number of thiol groups is 1. The molecule has 14 heavy (non-hydrogen) atoms. The molecule has 0 aromatic heterocycles. The Bertz CT molecular complexity index is 299. The summed E-state index contributed by atoms with van der Waals surface area (Å²) in [6.07, 6.45) is 0. The molecule has 0 aliphatic heterocycles. The molecule has 0 N–H and O–H groups in total. The highest BCUT2D eigenvalue weighted by Crippen LogP contribution is 2.21. The topological polar surface area (TPSA) is 9.23 Å². The highest BCUT2D eigenvalue weighted by molar-refractivity contribution is 7.80. The Kier molecular flexibility index (Phi) is 4.14. The van der Waals surface area contributed by atoms with Gasteiger partial charge in [0, 0.05) is 10.4 Å². The molecule has 1 aromatic carbocycles. The van der Waals surface area contributed by atoms with Gasteiger partial charge in [0.05, 0.1) is 6.61 Å². The Morgan fingerprint density at radius 1 is 1.43 bits per heavy atom. The van der Waals surface area contributed by atoms with Crippen molar-refractivity contribution in [3.05, 3.63) is 29.3 Å². The summed E-state index contributed by atoms with van der Waals surface area (Å²) in [6.45, 7) is 4.88. The minimum absolute atomic E-state index is 0.0887. The van der Waals surface area contributed by atoms with Crippen LogP contribution in [0.5, 0.6) is 5.75 Å². The summed E-state index contributed by atoms with van der Waals surface area (Å²) in [5.74, 6) is 1.61. The summed E-state index contributed by atoms with van der Waals surface area (Å²) in [5.41, 5.74) is 0.0887. The average Bonchev–Trinajstić information content (AvgIpc) is 2.15. The molecule has 0 radical (unpaired) electrons. The molecule has 0 aliphatic carbocycles. The van der Waals surface area contributed by atoms with Gasteiger partial charge in [-0.3, -0.25) is 0 Å². The van der Waals surface area contributed by atoms with Crippen molar-refractivity contribution in [2.75, 3.05) is 12.4 Å². The molecule has 0 fully saturated rings. The third-order valence-corrected chi connectivity index (χ3v) is 2.94. The lowest BCUT2D eigenvalue weighted by Crippen LogP contribution is -2.23. The number of benzene rings is 1. The zero-order valence-corrected chi connectivity index (χ0v) is 10.1. The fourth-order valence-electron chi connectivity index (χ4n) is 0.881. The van der Waals surface area contributed by atoms with Crippen LogP contribution in [0.1, 0.15) is 13.8 Å². The van der Waals surface area contributed by atoms with Gasteiger partial charge in [-0.1, -0.05) is 31.5 Å². The van der Waals surface area contributed by atoms with E-state index < -0.39 is 0 Å². The van der Waals surface area contributed by atoms with Gasteiger partial charge in [0.15, 0.2) is 0 Å². The van der Waals surface area contributed by atoms with E-state index in [9.17, 15) is 0 Å². The maximum absolute atomic E-state index is 5.83. The van der Waals surface area contributed by atoms with Gasteiger partial charge in [-0.2, -0.15) is 12.6 Å². The molecule has 0 bridgehead atoms. The van der Waals surface area contributed by atoms with Crippen molar-refractivity contribution in [1.29, 1.82) is 0 Å². The lowest BCUT2D eigenvalue weighted by atomic mass is 9.98. The number of rotatable bonds is 4. The van der Waals surface area contributed by atoms with E-state index >= 15 is 0 Å². The van der Waals surface area contributed by atoms with Crippen LogP contribution in [-0.4, -0.2) is 12.4 Å². The van der Waals surface area contributed by atoms with Crippen molar-refractivity contribution in [2.24, 2.45) is 5.41 Å². The van der Waals surface area contributed by atoms with E-state index in [4.69, 9.17) is 16.3 Å². The van der Waals surface area contributed by atoms with Gasteiger partial charge in [-0.05, 0) is 24.0 Å². The monoisotopic (exact) mass is 230 g/mol. The van der Waals surface area contributed by atoms with Crippen molar-refractivity contribution in [1.82, 2.24) is 0 Å². The first-order valence-electron chi connectivity index (χ1n) is 4.53. The molecule has 1 nitrogen and oxygen atoms in total. The first-order chi connectivity index (χ1) is 6.53. The standard InChI is InChI=1S/C11H15ClOS/c1-11(2,8-14)7-13-10-5-3-4-9(12)6-10/h3-6,14H,7-8H2,1-2H3. The molecule has 0 atom stereocenters. The highest BCUT2D eigenvalue weighted by Gasteiger charge is 2.16. The Hall–Kier alpha value is -0.340. The van der Waals surface area contributed by atoms with Crippen molar-refractivity contribution in [3.8, 4) is 5.75 Å². The van der Waals surface area contributed by atoms with Crippen LogP contribution < -0.4 is 4.74 Å². The van der Waals surface area contributed by atoms with Crippen LogP contribution in [0.25, 0.3) is 0 Å². The lowest BCUT2D eigenvalue weighted by molar-refractivity contribution is 0.202. The van der Waals surface area contributed by atoms with Crippen LogP contribution in [0.2, 0.25) is 5.02 Å². The second-order valence-electron chi connectivity index (χ2n) is 4.07. The average molecular weight is 231 g/mol. The molecule has 0 saturated heterocycles. The predicted molar refractivity (Wildman–Crippen MR) is 64.6 cm³/mol. The first-order valence-corrected chi connectivity index (χ1v) is 5.54. The third kappa shape index (κ3) is 3.81. The quantitative estimate of drug-likeness (QED) is 0.777. The molecule has 0 aliphatic rings. The molecule has 3 heteroatoms. The summed E-state index contributed by atoms with van der Waals surface area (Å²) in [4.78, 5) is 0. The molecule has 0 heterocycles. The van der Waals surface area contributed by atoms with Crippen LogP contribution in [0, 0.1) is 5.41 Å². The van der Waals surface area contributed by atoms with Crippen molar-refractivity contribution < 1.29 is 4.74 Å². The van der Waals surface area contributed by atoms with Crippen molar-refractivity contribution in [3.63, 3.8) is 0 Å². The zero-order valence-electron chi connectivity index (χ0n) is 8.46. The Labute approximate surface area is 95.8 Å². The summed E-state index contributed by atoms with van der Waals surface area (Å²) in [7, 11) is 0. The molecule has 0 unspecified atom stereocenters. The van der Waals surface area contributed by atoms with Crippen molar-refractivity contribution >= 4 is 24.2 Å². The molecule has 0 amide bonds. The predicted octanol–water partition coefficient (Wildman–Crippen LogP) is 3.67. The second kappa shape index (κ2) is 4.94. The molecule has 0 saturated carbocycles. The smallest absolute Gasteiger partial charge is 0.120 e. The Balaban J connectivity index is 2.54. The van der Waals surface area contributed by atoms with E-state index in [1.807, 2.05) is 24.3 Å². The molecule has 78 valence electrons. The summed E-state index contributed by atoms with van der Waals surface area (Å²) in [6, 6.07) is 7.43. The Morgan fingerprint density at radius 3 is 2.71 bits per heavy atom. The van der Waals surface area contributed by atoms with Crippen LogP contribution in [-0.2, 0) is 0 Å². The summed E-state index contributed by atoms with van der Waals surface area (Å²) >= 11 is 10.1. The van der Waals surface area contributed by atoms with Gasteiger partial charge >= 0.3 is 0 Å². The van der Waals surface area contributed by atoms with E-state index in [0.29, 0.717) is 11.6 Å². The largest absolute Gasteiger partial charge is 0.493 e. The summed E-state index contributed by atoms with van der Waals surface area (Å²) in [5, 5.41) is 0.700. The fourth-order valence-corrected chi connectivity index (χ4v) is 1.15. The molecular formula is C11H15ClOS. The van der Waals surface area contributed by atoms with Crippen LogP contribution in [0.3, 0.4) is 0 Å². The van der Waals surface area contributed by atoms with Gasteiger partial charge in [-0.15, -0.1) is 0 Å². The van der Waals surface area contributed by atoms with Crippen LogP contribution in [0.15, 0.2) is 24.3 Å². The molecule has 0 spiro atoms. The van der Waals surface area contributed by atoms with E-state index in [-0.39, 0.29) is 5.41 Å². The first kappa shape index (κ1) is 11.7. The number of hydrogen-bond donors (Lipinski definition) is 1. The lowest BCUT2D eigenvalue weighted by Gasteiger charge is -2.22. The molecular weight excluding hydrogens is 216 g/mol. The SMILES string of the molecule is CC(C)(CS)COc1cccc(Cl)c1. The summed E-state index contributed by atoms with van der Waals surface area (Å²) < 4.78 is 5.61. The number of hydrogen-bond acceptors (Lipinski definition) is 2. The second-order valence-corrected chi connectivity index (χ2v) is 4.82. The van der Waals surface area contributed by atoms with Crippen molar-refractivity contribution in [2.45, 2.75) is 13.8 Å². The fraction of sp³-hybridized carbons (Fsp3) is 0.455. The van der Waals surface area contributed by atoms with Gasteiger partial charge in [0.25, 0.3) is 0 Å². The van der Waals surface area contributed by atoms with Crippen LogP contribution >= 0.6 is 24.2 Å². The third-order valence-electron chi connectivity index (χ3n) is 1.85. The zero-order chi connectivity index (χ0) is 10.6. The maximum Gasteiger partial charge on any atom is 0.120 e.